The zero-order valence-corrected chi connectivity index (χ0v) is 24.4. The average molecular weight is 534 g/mol. The Labute approximate surface area is 227 Å². The first kappa shape index (κ1) is 29.8. The summed E-state index contributed by atoms with van der Waals surface area (Å²) >= 11 is 1.69. The average Bonchev–Trinajstić information content (AvgIpc) is 3.44. The lowest BCUT2D eigenvalue weighted by Gasteiger charge is -2.43. The van der Waals surface area contributed by atoms with E-state index in [1.165, 1.54) is 0 Å². The summed E-state index contributed by atoms with van der Waals surface area (Å²) in [5.74, 6) is -0.997. The summed E-state index contributed by atoms with van der Waals surface area (Å²) in [4.78, 5) is 47.9. The van der Waals surface area contributed by atoms with Gasteiger partial charge in [0.15, 0.2) is 0 Å². The van der Waals surface area contributed by atoms with Crippen LogP contribution in [0, 0.1) is 23.7 Å². The molecule has 208 valence electrons. The van der Waals surface area contributed by atoms with Gasteiger partial charge in [0.25, 0.3) is 0 Å². The third-order valence-electron chi connectivity index (χ3n) is 8.68. The number of hydrogen-bond acceptors (Lipinski definition) is 5. The van der Waals surface area contributed by atoms with Crippen LogP contribution < -0.4 is 0 Å². The molecule has 0 aliphatic carbocycles. The molecule has 8 atom stereocenters. The molecule has 2 bridgehead atoms. The van der Waals surface area contributed by atoms with Gasteiger partial charge in [-0.15, -0.1) is 24.9 Å². The first-order valence-corrected chi connectivity index (χ1v) is 14.8. The summed E-state index contributed by atoms with van der Waals surface area (Å²) in [6.07, 6.45) is 6.62. The molecule has 3 aliphatic rings. The predicted octanol–water partition coefficient (Wildman–Crippen LogP) is 3.58. The molecule has 0 aromatic carbocycles. The van der Waals surface area contributed by atoms with Gasteiger partial charge in [-0.2, -0.15) is 0 Å². The molecule has 7 nitrogen and oxygen atoms in total. The van der Waals surface area contributed by atoms with E-state index in [2.05, 4.69) is 47.8 Å². The van der Waals surface area contributed by atoms with Crippen molar-refractivity contribution in [2.45, 2.75) is 88.4 Å². The highest BCUT2D eigenvalue weighted by Gasteiger charge is 2.77. The first-order chi connectivity index (χ1) is 17.5. The molecule has 3 aliphatic heterocycles. The zero-order chi connectivity index (χ0) is 27.7. The Kier molecular flexibility index (Phi) is 9.60. The number of carbonyl (C=O) groups excluding carboxylic acids is 3. The van der Waals surface area contributed by atoms with Crippen molar-refractivity contribution in [1.82, 2.24) is 14.7 Å². The molecule has 3 saturated heterocycles. The second kappa shape index (κ2) is 11.9. The summed E-state index contributed by atoms with van der Waals surface area (Å²) in [6.45, 7) is 18.7. The molecule has 3 rings (SSSR count). The van der Waals surface area contributed by atoms with E-state index in [0.29, 0.717) is 19.5 Å². The van der Waals surface area contributed by atoms with E-state index in [1.807, 2.05) is 4.90 Å². The van der Waals surface area contributed by atoms with E-state index in [9.17, 15) is 19.5 Å². The van der Waals surface area contributed by atoms with Gasteiger partial charge in [0, 0.05) is 31.4 Å². The summed E-state index contributed by atoms with van der Waals surface area (Å²) in [5, 5.41) is 10.5. The Morgan fingerprint density at radius 1 is 1.22 bits per heavy atom. The van der Waals surface area contributed by atoms with E-state index in [1.54, 1.807) is 40.8 Å². The van der Waals surface area contributed by atoms with Gasteiger partial charge in [-0.3, -0.25) is 14.4 Å². The molecule has 1 spiro atoms. The molecule has 1 N–H and O–H groups in total. The molecular formula is C29H47N3O4S. The highest BCUT2D eigenvalue weighted by atomic mass is 32.2. The number of rotatable bonds is 13. The lowest BCUT2D eigenvalue weighted by molar-refractivity contribution is -0.147. The molecule has 37 heavy (non-hydrogen) atoms. The Morgan fingerprint density at radius 2 is 1.86 bits per heavy atom. The SMILES string of the molecule is C=CCN(C)C(=O)[C@@H]1[C@H]2C(=O)N([C@@H](CO)CC(C)C)C(C(=O)N(CC=C)C(C)CCC)C23S[C@@H]1CC3C. The number of thioether (sulfide) groups is 1. The van der Waals surface area contributed by atoms with Gasteiger partial charge in [0.2, 0.25) is 17.7 Å². The fraction of sp³-hybridized carbons (Fsp3) is 0.759. The number of nitrogens with zero attached hydrogens (tertiary/aromatic N) is 3. The van der Waals surface area contributed by atoms with Gasteiger partial charge in [0.05, 0.1) is 29.2 Å². The van der Waals surface area contributed by atoms with E-state index in [4.69, 9.17) is 0 Å². The Hall–Kier alpha value is -1.80. The van der Waals surface area contributed by atoms with Crippen LogP contribution in [-0.2, 0) is 14.4 Å². The second-order valence-electron chi connectivity index (χ2n) is 11.7. The van der Waals surface area contributed by atoms with Crippen LogP contribution in [0.2, 0.25) is 0 Å². The van der Waals surface area contributed by atoms with E-state index < -0.39 is 28.7 Å². The summed E-state index contributed by atoms with van der Waals surface area (Å²) in [6, 6.07) is -1.19. The summed E-state index contributed by atoms with van der Waals surface area (Å²) in [7, 11) is 1.75. The van der Waals surface area contributed by atoms with Gasteiger partial charge in [-0.25, -0.2) is 0 Å². The highest BCUT2D eigenvalue weighted by Crippen LogP contribution is 2.69. The fourth-order valence-corrected chi connectivity index (χ4v) is 9.52. The van der Waals surface area contributed by atoms with Crippen LogP contribution in [0.1, 0.15) is 60.3 Å². The lowest BCUT2D eigenvalue weighted by Crippen LogP contribution is -2.60. The van der Waals surface area contributed by atoms with Crippen molar-refractivity contribution in [3.8, 4) is 0 Å². The Morgan fingerprint density at radius 3 is 2.41 bits per heavy atom. The molecule has 4 unspecified atom stereocenters. The van der Waals surface area contributed by atoms with Gasteiger partial charge >= 0.3 is 0 Å². The maximum Gasteiger partial charge on any atom is 0.247 e. The Balaban J connectivity index is 2.16. The first-order valence-electron chi connectivity index (χ1n) is 13.9. The monoisotopic (exact) mass is 533 g/mol. The molecule has 3 amide bonds. The lowest BCUT2D eigenvalue weighted by atomic mass is 9.65. The minimum Gasteiger partial charge on any atom is -0.394 e. The molecule has 0 saturated carbocycles. The number of likely N-dealkylation sites (N-methyl/N-ethyl adjacent to an activating group) is 1. The third-order valence-corrected chi connectivity index (χ3v) is 10.8. The van der Waals surface area contributed by atoms with E-state index in [0.717, 1.165) is 19.3 Å². The van der Waals surface area contributed by atoms with Crippen molar-refractivity contribution < 1.29 is 19.5 Å². The van der Waals surface area contributed by atoms with Crippen molar-refractivity contribution in [2.24, 2.45) is 23.7 Å². The van der Waals surface area contributed by atoms with E-state index in [-0.39, 0.29) is 47.5 Å². The molecular weight excluding hydrogens is 486 g/mol. The van der Waals surface area contributed by atoms with Crippen LogP contribution in [0.15, 0.2) is 25.3 Å². The summed E-state index contributed by atoms with van der Waals surface area (Å²) in [5.41, 5.74) is 0. The van der Waals surface area contributed by atoms with Crippen LogP contribution in [-0.4, -0.2) is 92.4 Å². The minimum atomic E-state index is -0.715. The van der Waals surface area contributed by atoms with Gasteiger partial charge in [0.1, 0.15) is 6.04 Å². The van der Waals surface area contributed by atoms with Gasteiger partial charge < -0.3 is 19.8 Å². The number of hydrogen-bond donors (Lipinski definition) is 1. The largest absolute Gasteiger partial charge is 0.394 e. The third kappa shape index (κ3) is 5.00. The standard InChI is InChI=1S/C29H47N3O4S/c1-9-12-20(7)31(14-11-3)28(36)25-29-19(6)16-22(37-29)23(26(34)30(8)13-10-2)24(29)27(35)32(25)21(17-33)15-18(4)5/h10-11,18-25,33H,2-3,9,12-17H2,1,4-8H3/t19?,20?,21-,22-,23+,24+,25?,29?/m1/s1. The minimum absolute atomic E-state index is 0.000222. The van der Waals surface area contributed by atoms with E-state index >= 15 is 0 Å². The number of fused-ring (bicyclic) bond motifs is 1. The molecule has 3 fully saturated rings. The number of likely N-dealkylation sites (tertiary alicyclic amines) is 1. The van der Waals surface area contributed by atoms with Crippen LogP contribution in [0.4, 0.5) is 0 Å². The van der Waals surface area contributed by atoms with Gasteiger partial charge in [-0.05, 0) is 38.0 Å². The molecule has 0 radical (unpaired) electrons. The maximum absolute atomic E-state index is 14.6. The molecule has 0 aromatic heterocycles. The zero-order valence-electron chi connectivity index (χ0n) is 23.6. The van der Waals surface area contributed by atoms with Crippen molar-refractivity contribution in [3.63, 3.8) is 0 Å². The highest BCUT2D eigenvalue weighted by molar-refractivity contribution is 8.02. The molecule has 0 aromatic rings. The van der Waals surface area contributed by atoms with Crippen molar-refractivity contribution in [3.05, 3.63) is 25.3 Å². The van der Waals surface area contributed by atoms with Crippen LogP contribution in [0.3, 0.4) is 0 Å². The fourth-order valence-electron chi connectivity index (χ4n) is 7.13. The number of aliphatic hydroxyl groups is 1. The molecule has 8 heteroatoms. The van der Waals surface area contributed by atoms with Crippen molar-refractivity contribution >= 4 is 29.5 Å². The number of amides is 3. The predicted molar refractivity (Wildman–Crippen MR) is 150 cm³/mol. The number of carbonyl (C=O) groups is 3. The number of aliphatic hydroxyl groups excluding tert-OH is 1. The topological polar surface area (TPSA) is 81.2 Å². The smallest absolute Gasteiger partial charge is 0.247 e. The summed E-state index contributed by atoms with van der Waals surface area (Å²) < 4.78 is -0.691. The van der Waals surface area contributed by atoms with Gasteiger partial charge in [-0.1, -0.05) is 46.3 Å². The molecule has 3 heterocycles. The van der Waals surface area contributed by atoms with Crippen LogP contribution >= 0.6 is 11.8 Å². The maximum atomic E-state index is 14.6. The normalized spacial score (nSPS) is 31.8. The Bertz CT molecular complexity index is 894. The van der Waals surface area contributed by atoms with Crippen molar-refractivity contribution in [2.75, 3.05) is 26.7 Å². The quantitative estimate of drug-likeness (QED) is 0.366. The van der Waals surface area contributed by atoms with Crippen LogP contribution in [0.5, 0.6) is 0 Å². The van der Waals surface area contributed by atoms with Crippen LogP contribution in [0.25, 0.3) is 0 Å². The van der Waals surface area contributed by atoms with Crippen molar-refractivity contribution in [1.29, 1.82) is 0 Å². The second-order valence-corrected chi connectivity index (χ2v) is 13.2.